The Balaban J connectivity index is 1.91. The molecule has 0 unspecified atom stereocenters. The Morgan fingerprint density at radius 2 is 1.88 bits per heavy atom. The summed E-state index contributed by atoms with van der Waals surface area (Å²) in [6, 6.07) is 5.21. The van der Waals surface area contributed by atoms with E-state index in [0.29, 0.717) is 22.8 Å². The number of hydrogen-bond acceptors (Lipinski definition) is 5. The molecule has 0 saturated carbocycles. The fourth-order valence-corrected chi connectivity index (χ4v) is 2.54. The molecule has 1 amide bonds. The van der Waals surface area contributed by atoms with Gasteiger partial charge in [0.2, 0.25) is 5.91 Å². The molecule has 0 aliphatic carbocycles. The number of carbonyl (C=O) groups excluding carboxylic acids is 1. The molecule has 26 heavy (non-hydrogen) atoms. The minimum atomic E-state index is -4.66. The first-order valence-corrected chi connectivity index (χ1v) is 7.68. The number of halogens is 3. The van der Waals surface area contributed by atoms with E-state index in [1.54, 1.807) is 39.0 Å². The summed E-state index contributed by atoms with van der Waals surface area (Å²) < 4.78 is 39.4. The molecule has 3 rings (SSSR count). The van der Waals surface area contributed by atoms with Crippen molar-refractivity contribution in [3.05, 3.63) is 46.7 Å². The Kier molecular flexibility index (Phi) is 4.34. The monoisotopic (exact) mass is 364 g/mol. The predicted molar refractivity (Wildman–Crippen MR) is 86.6 cm³/mol. The minimum absolute atomic E-state index is 0.0720. The summed E-state index contributed by atoms with van der Waals surface area (Å²) in [5, 5.41) is 6.12. The van der Waals surface area contributed by atoms with Gasteiger partial charge in [-0.3, -0.25) is 4.79 Å². The summed E-state index contributed by atoms with van der Waals surface area (Å²) in [5.41, 5.74) is 2.04. The van der Waals surface area contributed by atoms with E-state index < -0.39 is 12.0 Å². The van der Waals surface area contributed by atoms with Crippen molar-refractivity contribution in [1.82, 2.24) is 24.6 Å². The molecule has 0 aromatic carbocycles. The van der Waals surface area contributed by atoms with Gasteiger partial charge in [0.25, 0.3) is 11.6 Å². The molecule has 1 N–H and O–H groups in total. The summed E-state index contributed by atoms with van der Waals surface area (Å²) in [5.74, 6) is -1.37. The summed E-state index contributed by atoms with van der Waals surface area (Å²) in [6.07, 6.45) is -4.74. The van der Waals surface area contributed by atoms with Gasteiger partial charge in [-0.1, -0.05) is 6.07 Å². The molecular weight excluding hydrogens is 349 g/mol. The highest BCUT2D eigenvalue weighted by Crippen LogP contribution is 2.27. The van der Waals surface area contributed by atoms with Crippen LogP contribution in [0.1, 0.15) is 28.5 Å². The molecule has 0 spiro atoms. The molecule has 3 aromatic heterocycles. The van der Waals surface area contributed by atoms with Gasteiger partial charge in [0.15, 0.2) is 0 Å². The van der Waals surface area contributed by atoms with Gasteiger partial charge in [0.05, 0.1) is 6.42 Å². The second kappa shape index (κ2) is 6.36. The first kappa shape index (κ1) is 17.8. The zero-order valence-electron chi connectivity index (χ0n) is 14.2. The summed E-state index contributed by atoms with van der Waals surface area (Å²) in [6.45, 7) is 4.98. The molecule has 136 valence electrons. The molecule has 0 bridgehead atoms. The molecular formula is C16H15F3N6O. The predicted octanol–water partition coefficient (Wildman–Crippen LogP) is 2.64. The number of alkyl halides is 3. The summed E-state index contributed by atoms with van der Waals surface area (Å²) >= 11 is 0. The molecule has 3 heterocycles. The van der Waals surface area contributed by atoms with Crippen molar-refractivity contribution in [2.24, 2.45) is 0 Å². The van der Waals surface area contributed by atoms with Crippen molar-refractivity contribution in [2.45, 2.75) is 33.4 Å². The molecule has 0 fully saturated rings. The van der Waals surface area contributed by atoms with Gasteiger partial charge in [-0.2, -0.15) is 18.2 Å². The number of aromatic nitrogens is 5. The number of carbonyl (C=O) groups is 1. The molecule has 0 aliphatic heterocycles. The topological polar surface area (TPSA) is 85.1 Å². The maximum atomic E-state index is 12.8. The number of rotatable bonds is 3. The maximum Gasteiger partial charge on any atom is 0.453 e. The van der Waals surface area contributed by atoms with Gasteiger partial charge in [0.1, 0.15) is 5.82 Å². The normalized spacial score (nSPS) is 11.8. The molecule has 10 heteroatoms. The van der Waals surface area contributed by atoms with Gasteiger partial charge in [-0.25, -0.2) is 14.5 Å². The van der Waals surface area contributed by atoms with Crippen LogP contribution in [-0.2, 0) is 17.4 Å². The van der Waals surface area contributed by atoms with E-state index >= 15 is 0 Å². The number of hydrogen-bond donors (Lipinski definition) is 1. The highest BCUT2D eigenvalue weighted by molar-refractivity contribution is 5.91. The number of nitrogens with zero attached hydrogens (tertiary/aromatic N) is 5. The van der Waals surface area contributed by atoms with E-state index in [-0.39, 0.29) is 18.1 Å². The second-order valence-electron chi connectivity index (χ2n) is 5.80. The lowest BCUT2D eigenvalue weighted by Crippen LogP contribution is -2.18. The maximum absolute atomic E-state index is 12.8. The Morgan fingerprint density at radius 3 is 2.54 bits per heavy atom. The lowest BCUT2D eigenvalue weighted by molar-refractivity contribution is -0.144. The van der Waals surface area contributed by atoms with Gasteiger partial charge in [-0.05, 0) is 32.9 Å². The molecule has 7 nitrogen and oxygen atoms in total. The van der Waals surface area contributed by atoms with E-state index in [4.69, 9.17) is 0 Å². The van der Waals surface area contributed by atoms with Crippen LogP contribution in [0.2, 0.25) is 0 Å². The Hall–Kier alpha value is -3.04. The standard InChI is InChI=1S/C16H15F3N6O/c1-8-5-4-6-12(20-8)22-13(26)7-11-9(2)21-15-23-14(16(17,18)19)24-25(15)10(11)3/h4-6H,7H2,1-3H3,(H,20,22,26). The Morgan fingerprint density at radius 1 is 1.15 bits per heavy atom. The van der Waals surface area contributed by atoms with Crippen LogP contribution >= 0.6 is 0 Å². The molecule has 3 aromatic rings. The van der Waals surface area contributed by atoms with Crippen molar-refractivity contribution in [3.8, 4) is 0 Å². The van der Waals surface area contributed by atoms with Crippen LogP contribution in [0.25, 0.3) is 5.78 Å². The van der Waals surface area contributed by atoms with Crippen LogP contribution in [0.5, 0.6) is 0 Å². The third-order valence-electron chi connectivity index (χ3n) is 3.80. The highest BCUT2D eigenvalue weighted by atomic mass is 19.4. The molecule has 0 atom stereocenters. The quantitative estimate of drug-likeness (QED) is 0.772. The lowest BCUT2D eigenvalue weighted by atomic mass is 10.1. The van der Waals surface area contributed by atoms with Crippen molar-refractivity contribution >= 4 is 17.5 Å². The first-order chi connectivity index (χ1) is 12.1. The van der Waals surface area contributed by atoms with Crippen molar-refractivity contribution in [3.63, 3.8) is 0 Å². The van der Waals surface area contributed by atoms with E-state index in [9.17, 15) is 18.0 Å². The fraction of sp³-hybridized carbons (Fsp3) is 0.312. The largest absolute Gasteiger partial charge is 0.453 e. The summed E-state index contributed by atoms with van der Waals surface area (Å²) in [4.78, 5) is 23.9. The third-order valence-corrected chi connectivity index (χ3v) is 3.80. The Bertz CT molecular complexity index is 996. The van der Waals surface area contributed by atoms with Crippen LogP contribution in [0.3, 0.4) is 0 Å². The van der Waals surface area contributed by atoms with Gasteiger partial charge in [-0.15, -0.1) is 5.10 Å². The van der Waals surface area contributed by atoms with Crippen LogP contribution in [0.4, 0.5) is 19.0 Å². The molecule has 0 radical (unpaired) electrons. The van der Waals surface area contributed by atoms with Gasteiger partial charge >= 0.3 is 6.18 Å². The van der Waals surface area contributed by atoms with Crippen molar-refractivity contribution in [1.29, 1.82) is 0 Å². The average Bonchev–Trinajstić information content (AvgIpc) is 2.96. The van der Waals surface area contributed by atoms with E-state index in [0.717, 1.165) is 10.2 Å². The zero-order valence-corrected chi connectivity index (χ0v) is 14.2. The zero-order chi connectivity index (χ0) is 19.1. The SMILES string of the molecule is Cc1cccc(NC(=O)Cc2c(C)nc3nc(C(F)(F)F)nn3c2C)n1. The number of nitrogens with one attached hydrogen (secondary N) is 1. The van der Waals surface area contributed by atoms with E-state index in [1.165, 1.54) is 0 Å². The minimum Gasteiger partial charge on any atom is -0.310 e. The highest BCUT2D eigenvalue weighted by Gasteiger charge is 2.37. The third kappa shape index (κ3) is 3.48. The van der Waals surface area contributed by atoms with Crippen LogP contribution < -0.4 is 5.32 Å². The average molecular weight is 364 g/mol. The van der Waals surface area contributed by atoms with E-state index in [2.05, 4.69) is 25.4 Å². The van der Waals surface area contributed by atoms with E-state index in [1.807, 2.05) is 0 Å². The first-order valence-electron chi connectivity index (χ1n) is 7.68. The van der Waals surface area contributed by atoms with Gasteiger partial charge in [0, 0.05) is 22.6 Å². The number of pyridine rings is 1. The fourth-order valence-electron chi connectivity index (χ4n) is 2.54. The molecule has 0 saturated heterocycles. The second-order valence-corrected chi connectivity index (χ2v) is 5.80. The van der Waals surface area contributed by atoms with Crippen molar-refractivity contribution < 1.29 is 18.0 Å². The van der Waals surface area contributed by atoms with Crippen LogP contribution in [-0.4, -0.2) is 30.5 Å². The number of aryl methyl sites for hydroxylation is 3. The number of anilines is 1. The van der Waals surface area contributed by atoms with Crippen LogP contribution in [0, 0.1) is 20.8 Å². The molecule has 0 aliphatic rings. The summed E-state index contributed by atoms with van der Waals surface area (Å²) in [7, 11) is 0. The smallest absolute Gasteiger partial charge is 0.310 e. The number of fused-ring (bicyclic) bond motifs is 1. The number of amides is 1. The van der Waals surface area contributed by atoms with Crippen molar-refractivity contribution in [2.75, 3.05) is 5.32 Å². The Labute approximate surface area is 146 Å². The van der Waals surface area contributed by atoms with Crippen LogP contribution in [0.15, 0.2) is 18.2 Å². The lowest BCUT2D eigenvalue weighted by Gasteiger charge is -2.10. The van der Waals surface area contributed by atoms with Gasteiger partial charge < -0.3 is 5.32 Å².